The van der Waals surface area contributed by atoms with Crippen LogP contribution in [0.3, 0.4) is 0 Å². The summed E-state index contributed by atoms with van der Waals surface area (Å²) in [6.07, 6.45) is 3.61. The van der Waals surface area contributed by atoms with Crippen LogP contribution in [0, 0.1) is 0 Å². The second-order valence-corrected chi connectivity index (χ2v) is 6.00. The third kappa shape index (κ3) is 3.11. The van der Waals surface area contributed by atoms with Gasteiger partial charge >= 0.3 is 0 Å². The fraction of sp³-hybridized carbons (Fsp3) is 0.733. The van der Waals surface area contributed by atoms with Gasteiger partial charge in [-0.15, -0.1) is 0 Å². The molecule has 6 nitrogen and oxygen atoms in total. The van der Waals surface area contributed by atoms with Crippen molar-refractivity contribution in [3.05, 3.63) is 11.9 Å². The summed E-state index contributed by atoms with van der Waals surface area (Å²) in [5.41, 5.74) is 2.68. The van der Waals surface area contributed by atoms with Gasteiger partial charge in [0.15, 0.2) is 0 Å². The number of anilines is 2. The van der Waals surface area contributed by atoms with Crippen molar-refractivity contribution in [3.8, 4) is 0 Å². The van der Waals surface area contributed by atoms with E-state index in [-0.39, 0.29) is 0 Å². The molecule has 1 saturated carbocycles. The minimum atomic E-state index is 0.540. The fourth-order valence-corrected chi connectivity index (χ4v) is 3.20. The van der Waals surface area contributed by atoms with Gasteiger partial charge in [0.1, 0.15) is 17.5 Å². The van der Waals surface area contributed by atoms with Crippen molar-refractivity contribution < 1.29 is 0 Å². The Morgan fingerprint density at radius 3 is 2.67 bits per heavy atom. The zero-order valence-corrected chi connectivity index (χ0v) is 13.0. The summed E-state index contributed by atoms with van der Waals surface area (Å²) in [5, 5.41) is 0. The largest absolute Gasteiger partial charge is 0.355 e. The number of hydrogen-bond donors (Lipinski definition) is 2. The predicted octanol–water partition coefficient (Wildman–Crippen LogP) is 1.56. The average molecular weight is 290 g/mol. The Bertz CT molecular complexity index is 483. The van der Waals surface area contributed by atoms with Crippen molar-refractivity contribution in [1.29, 1.82) is 0 Å². The first-order valence-corrected chi connectivity index (χ1v) is 8.09. The molecule has 6 heteroatoms. The van der Waals surface area contributed by atoms with E-state index in [2.05, 4.69) is 34.1 Å². The maximum Gasteiger partial charge on any atom is 0.145 e. The molecule has 21 heavy (non-hydrogen) atoms. The van der Waals surface area contributed by atoms with Crippen LogP contribution in [0.25, 0.3) is 0 Å². The molecule has 2 heterocycles. The molecule has 3 rings (SSSR count). The summed E-state index contributed by atoms with van der Waals surface area (Å²) in [4.78, 5) is 14.2. The van der Waals surface area contributed by atoms with Crippen molar-refractivity contribution in [1.82, 2.24) is 14.9 Å². The van der Waals surface area contributed by atoms with Crippen molar-refractivity contribution in [3.63, 3.8) is 0 Å². The van der Waals surface area contributed by atoms with E-state index in [1.165, 1.54) is 19.3 Å². The Kier molecular flexibility index (Phi) is 4.26. The van der Waals surface area contributed by atoms with Gasteiger partial charge in [-0.05, 0) is 32.4 Å². The van der Waals surface area contributed by atoms with Crippen LogP contribution in [0.15, 0.2) is 6.07 Å². The number of aromatic nitrogens is 2. The van der Waals surface area contributed by atoms with Gasteiger partial charge in [-0.3, -0.25) is 4.90 Å². The molecule has 1 aliphatic heterocycles. The van der Waals surface area contributed by atoms with Crippen molar-refractivity contribution in [2.24, 2.45) is 5.84 Å². The predicted molar refractivity (Wildman–Crippen MR) is 85.4 cm³/mol. The molecule has 2 aliphatic rings. The summed E-state index contributed by atoms with van der Waals surface area (Å²) >= 11 is 0. The average Bonchev–Trinajstić information content (AvgIpc) is 3.27. The summed E-state index contributed by atoms with van der Waals surface area (Å²) < 4.78 is 0. The topological polar surface area (TPSA) is 70.3 Å². The van der Waals surface area contributed by atoms with Crippen LogP contribution >= 0.6 is 0 Å². The second kappa shape index (κ2) is 6.15. The lowest BCUT2D eigenvalue weighted by molar-refractivity contribution is 0.232. The molecular formula is C15H26N6. The van der Waals surface area contributed by atoms with Gasteiger partial charge in [0.2, 0.25) is 0 Å². The van der Waals surface area contributed by atoms with Crippen LogP contribution in [-0.4, -0.2) is 47.1 Å². The number of nitrogens with one attached hydrogen (secondary N) is 1. The molecule has 0 spiro atoms. The van der Waals surface area contributed by atoms with Gasteiger partial charge in [-0.1, -0.05) is 13.8 Å². The maximum atomic E-state index is 5.56. The van der Waals surface area contributed by atoms with E-state index < -0.39 is 0 Å². The standard InChI is InChI=1S/C15H26N6/c1-3-20(4-2)12-7-8-21(10-12)14-9-13(19-16)17-15(18-14)11-5-6-11/h9,11-12H,3-8,10,16H2,1-2H3,(H,17,18,19). The Morgan fingerprint density at radius 2 is 2.05 bits per heavy atom. The van der Waals surface area contributed by atoms with Gasteiger partial charge in [0, 0.05) is 31.1 Å². The second-order valence-electron chi connectivity index (χ2n) is 6.00. The molecule has 0 aromatic carbocycles. The van der Waals surface area contributed by atoms with Gasteiger partial charge in [0.05, 0.1) is 0 Å². The SMILES string of the molecule is CCN(CC)C1CCN(c2cc(NN)nc(C3CC3)n2)C1. The quantitative estimate of drug-likeness (QED) is 0.612. The number of likely N-dealkylation sites (N-methyl/N-ethyl adjacent to an activating group) is 1. The number of nitrogen functional groups attached to an aromatic ring is 1. The first-order chi connectivity index (χ1) is 10.2. The zero-order valence-electron chi connectivity index (χ0n) is 13.0. The number of hydrogen-bond acceptors (Lipinski definition) is 6. The minimum Gasteiger partial charge on any atom is -0.355 e. The molecule has 3 N–H and O–H groups in total. The fourth-order valence-electron chi connectivity index (χ4n) is 3.20. The third-order valence-electron chi connectivity index (χ3n) is 4.64. The molecule has 1 aromatic rings. The van der Waals surface area contributed by atoms with E-state index in [0.29, 0.717) is 12.0 Å². The molecule has 1 saturated heterocycles. The van der Waals surface area contributed by atoms with Crippen LogP contribution in [-0.2, 0) is 0 Å². The van der Waals surface area contributed by atoms with E-state index in [4.69, 9.17) is 10.8 Å². The Labute approximate surface area is 126 Å². The van der Waals surface area contributed by atoms with E-state index in [1.807, 2.05) is 6.07 Å². The Balaban J connectivity index is 1.76. The highest BCUT2D eigenvalue weighted by atomic mass is 15.3. The van der Waals surface area contributed by atoms with Crippen LogP contribution in [0.5, 0.6) is 0 Å². The first kappa shape index (κ1) is 14.5. The lowest BCUT2D eigenvalue weighted by Crippen LogP contribution is -2.37. The minimum absolute atomic E-state index is 0.540. The first-order valence-electron chi connectivity index (χ1n) is 8.09. The van der Waals surface area contributed by atoms with Gasteiger partial charge in [-0.2, -0.15) is 0 Å². The molecule has 0 radical (unpaired) electrons. The number of rotatable bonds is 6. The van der Waals surface area contributed by atoms with Crippen molar-refractivity contribution in [2.75, 3.05) is 36.5 Å². The summed E-state index contributed by atoms with van der Waals surface area (Å²) in [6.45, 7) is 8.81. The molecule has 1 aromatic heterocycles. The van der Waals surface area contributed by atoms with Gasteiger partial charge in [0.25, 0.3) is 0 Å². The third-order valence-corrected chi connectivity index (χ3v) is 4.64. The number of nitrogens with zero attached hydrogens (tertiary/aromatic N) is 4. The molecule has 2 fully saturated rings. The lowest BCUT2D eigenvalue weighted by Gasteiger charge is -2.26. The number of hydrazine groups is 1. The molecule has 1 atom stereocenters. The van der Waals surface area contributed by atoms with E-state index in [0.717, 1.165) is 43.6 Å². The van der Waals surface area contributed by atoms with Crippen LogP contribution in [0.2, 0.25) is 0 Å². The molecule has 1 aliphatic carbocycles. The van der Waals surface area contributed by atoms with Crippen LogP contribution in [0.1, 0.15) is 44.9 Å². The van der Waals surface area contributed by atoms with E-state index >= 15 is 0 Å². The van der Waals surface area contributed by atoms with Crippen molar-refractivity contribution in [2.45, 2.75) is 45.1 Å². The lowest BCUT2D eigenvalue weighted by atomic mass is 10.2. The van der Waals surface area contributed by atoms with E-state index in [1.54, 1.807) is 0 Å². The van der Waals surface area contributed by atoms with Crippen molar-refractivity contribution >= 4 is 11.6 Å². The zero-order chi connectivity index (χ0) is 14.8. The van der Waals surface area contributed by atoms with Gasteiger partial charge in [-0.25, -0.2) is 15.8 Å². The van der Waals surface area contributed by atoms with Crippen LogP contribution in [0.4, 0.5) is 11.6 Å². The monoisotopic (exact) mass is 290 g/mol. The number of nitrogens with two attached hydrogens (primary N) is 1. The smallest absolute Gasteiger partial charge is 0.145 e. The molecule has 1 unspecified atom stereocenters. The van der Waals surface area contributed by atoms with E-state index in [9.17, 15) is 0 Å². The Morgan fingerprint density at radius 1 is 1.29 bits per heavy atom. The highest BCUT2D eigenvalue weighted by Crippen LogP contribution is 2.39. The summed E-state index contributed by atoms with van der Waals surface area (Å²) in [7, 11) is 0. The Hall–Kier alpha value is -1.40. The van der Waals surface area contributed by atoms with Gasteiger partial charge < -0.3 is 10.3 Å². The molecule has 0 amide bonds. The highest BCUT2D eigenvalue weighted by Gasteiger charge is 2.30. The maximum absolute atomic E-state index is 5.56. The van der Waals surface area contributed by atoms with Crippen LogP contribution < -0.4 is 16.2 Å². The molecule has 116 valence electrons. The normalized spacial score (nSPS) is 22.1. The summed E-state index contributed by atoms with van der Waals surface area (Å²) in [6, 6.07) is 2.60. The highest BCUT2D eigenvalue weighted by molar-refractivity contribution is 5.50. The summed E-state index contributed by atoms with van der Waals surface area (Å²) in [5.74, 6) is 8.80. The molecular weight excluding hydrogens is 264 g/mol. The molecule has 0 bridgehead atoms.